The third-order valence-electron chi connectivity index (χ3n) is 6.48. The maximum atomic E-state index is 12.0. The zero-order valence-corrected chi connectivity index (χ0v) is 25.3. The summed E-state index contributed by atoms with van der Waals surface area (Å²) in [6, 6.07) is 0. The summed E-state index contributed by atoms with van der Waals surface area (Å²) in [6.07, 6.45) is 14.0. The number of ether oxygens (including phenoxy) is 2. The SMILES string of the molecule is CC(=O)OCC/C1=C(\C)N(C=O)CCCCCCCCCCCCN(C=O)/C(C)=C(/CCOC(C)=O)SS1. The van der Waals surface area contributed by atoms with Crippen molar-refractivity contribution in [3.8, 4) is 0 Å². The van der Waals surface area contributed by atoms with Gasteiger partial charge < -0.3 is 19.3 Å². The molecule has 0 aliphatic carbocycles. The van der Waals surface area contributed by atoms with Crippen LogP contribution < -0.4 is 0 Å². The molecule has 0 bridgehead atoms. The first-order chi connectivity index (χ1) is 18.3. The van der Waals surface area contributed by atoms with Gasteiger partial charge in [-0.3, -0.25) is 19.2 Å². The molecule has 0 N–H and O–H groups in total. The molecule has 0 aromatic rings. The molecule has 0 spiro atoms. The fraction of sp³-hybridized carbons (Fsp3) is 0.714. The molecule has 1 aliphatic rings. The van der Waals surface area contributed by atoms with Gasteiger partial charge >= 0.3 is 11.9 Å². The van der Waals surface area contributed by atoms with Gasteiger partial charge in [0.2, 0.25) is 12.8 Å². The van der Waals surface area contributed by atoms with Gasteiger partial charge in [0.1, 0.15) is 0 Å². The second-order valence-electron chi connectivity index (χ2n) is 9.50. The van der Waals surface area contributed by atoms with Crippen molar-refractivity contribution in [3.63, 3.8) is 0 Å². The minimum Gasteiger partial charge on any atom is -0.466 e. The zero-order chi connectivity index (χ0) is 28.2. The van der Waals surface area contributed by atoms with Gasteiger partial charge in [0, 0.05) is 61.0 Å². The average Bonchev–Trinajstić information content (AvgIpc) is 2.88. The van der Waals surface area contributed by atoms with Crippen molar-refractivity contribution in [1.82, 2.24) is 9.80 Å². The summed E-state index contributed by atoms with van der Waals surface area (Å²) in [5, 5.41) is 0. The van der Waals surface area contributed by atoms with Crippen LogP contribution in [0.3, 0.4) is 0 Å². The molecule has 0 fully saturated rings. The largest absolute Gasteiger partial charge is 0.466 e. The van der Waals surface area contributed by atoms with Crippen LogP contribution in [-0.4, -0.2) is 60.9 Å². The van der Waals surface area contributed by atoms with Gasteiger partial charge in [-0.25, -0.2) is 0 Å². The standard InChI is InChI=1S/C28H46N2O6S2/c1-23-27(15-19-35-25(3)33)37-38-28(16-20-36-26(4)34)24(2)30(22-32)18-14-12-10-8-6-5-7-9-11-13-17-29(23)21-31/h21-22H,5-20H2,1-4H3/b27-23-,28-24-. The Labute approximate surface area is 236 Å². The fourth-order valence-electron chi connectivity index (χ4n) is 4.14. The summed E-state index contributed by atoms with van der Waals surface area (Å²) in [5.41, 5.74) is 1.67. The lowest BCUT2D eigenvalue weighted by Gasteiger charge is -2.24. The van der Waals surface area contributed by atoms with Crippen LogP contribution in [-0.2, 0) is 28.7 Å². The van der Waals surface area contributed by atoms with Gasteiger partial charge in [-0.15, -0.1) is 0 Å². The summed E-state index contributed by atoms with van der Waals surface area (Å²) in [4.78, 5) is 52.0. The van der Waals surface area contributed by atoms with E-state index >= 15 is 0 Å². The Kier molecular flexibility index (Phi) is 18.8. The van der Waals surface area contributed by atoms with Crippen LogP contribution in [0, 0.1) is 0 Å². The molecule has 8 nitrogen and oxygen atoms in total. The van der Waals surface area contributed by atoms with E-state index in [1.807, 2.05) is 13.8 Å². The van der Waals surface area contributed by atoms with E-state index in [4.69, 9.17) is 9.47 Å². The number of carbonyl (C=O) groups is 4. The zero-order valence-electron chi connectivity index (χ0n) is 23.6. The van der Waals surface area contributed by atoms with Gasteiger partial charge in [0.05, 0.1) is 13.2 Å². The molecule has 216 valence electrons. The van der Waals surface area contributed by atoms with Gasteiger partial charge in [-0.05, 0) is 26.7 Å². The van der Waals surface area contributed by atoms with Gasteiger partial charge in [-0.2, -0.15) is 0 Å². The van der Waals surface area contributed by atoms with E-state index in [1.54, 1.807) is 9.80 Å². The molecule has 2 amide bonds. The Bertz CT molecular complexity index is 749. The molecule has 0 saturated carbocycles. The molecule has 0 radical (unpaired) electrons. The van der Waals surface area contributed by atoms with Crippen LogP contribution in [0.25, 0.3) is 0 Å². The van der Waals surface area contributed by atoms with E-state index in [-0.39, 0.29) is 25.2 Å². The van der Waals surface area contributed by atoms with E-state index in [2.05, 4.69) is 0 Å². The smallest absolute Gasteiger partial charge is 0.302 e. The Morgan fingerprint density at radius 2 is 0.974 bits per heavy atom. The first kappa shape index (κ1) is 34.1. The van der Waals surface area contributed by atoms with Crippen molar-refractivity contribution in [1.29, 1.82) is 0 Å². The number of hydrogen-bond donors (Lipinski definition) is 0. The number of carbonyl (C=O) groups excluding carboxylic acids is 4. The second kappa shape index (κ2) is 21.0. The molecule has 10 heteroatoms. The molecular formula is C28H46N2O6S2. The normalized spacial score (nSPS) is 21.9. The van der Waals surface area contributed by atoms with E-state index < -0.39 is 0 Å². The molecule has 0 atom stereocenters. The number of nitrogens with zero attached hydrogens (tertiary/aromatic N) is 2. The van der Waals surface area contributed by atoms with Crippen LogP contribution >= 0.6 is 21.6 Å². The lowest BCUT2D eigenvalue weighted by Crippen LogP contribution is -2.23. The highest BCUT2D eigenvalue weighted by molar-refractivity contribution is 8.79. The van der Waals surface area contributed by atoms with Crippen molar-refractivity contribution in [2.45, 2.75) is 105 Å². The van der Waals surface area contributed by atoms with Crippen molar-refractivity contribution in [3.05, 3.63) is 21.2 Å². The van der Waals surface area contributed by atoms with Crippen molar-refractivity contribution >= 4 is 46.3 Å². The van der Waals surface area contributed by atoms with Gasteiger partial charge in [0.15, 0.2) is 0 Å². The van der Waals surface area contributed by atoms with Crippen LogP contribution in [0.15, 0.2) is 21.2 Å². The average molecular weight is 571 g/mol. The van der Waals surface area contributed by atoms with E-state index in [0.29, 0.717) is 25.9 Å². The number of amides is 2. The minimum absolute atomic E-state index is 0.216. The predicted octanol–water partition coefficient (Wildman–Crippen LogP) is 6.57. The molecule has 0 aromatic heterocycles. The van der Waals surface area contributed by atoms with Crippen molar-refractivity contribution in [2.24, 2.45) is 0 Å². The molecule has 0 saturated heterocycles. The van der Waals surface area contributed by atoms with E-state index in [1.165, 1.54) is 74.0 Å². The van der Waals surface area contributed by atoms with Crippen LogP contribution in [0.5, 0.6) is 0 Å². The summed E-state index contributed by atoms with van der Waals surface area (Å²) < 4.78 is 10.4. The third kappa shape index (κ3) is 14.9. The van der Waals surface area contributed by atoms with Crippen LogP contribution in [0.2, 0.25) is 0 Å². The Morgan fingerprint density at radius 3 is 1.26 bits per heavy atom. The van der Waals surface area contributed by atoms with Crippen molar-refractivity contribution < 1.29 is 28.7 Å². The molecule has 1 rings (SSSR count). The first-order valence-corrected chi connectivity index (χ1v) is 15.9. The summed E-state index contributed by atoms with van der Waals surface area (Å²) >= 11 is 0. The molecule has 38 heavy (non-hydrogen) atoms. The van der Waals surface area contributed by atoms with Crippen LogP contribution in [0.1, 0.15) is 105 Å². The number of esters is 2. The lowest BCUT2D eigenvalue weighted by molar-refractivity contribution is -0.141. The molecule has 0 aromatic carbocycles. The lowest BCUT2D eigenvalue weighted by atomic mass is 10.1. The molecule has 0 unspecified atom stereocenters. The number of allylic oxidation sites excluding steroid dienone is 2. The Hall–Kier alpha value is -1.94. The first-order valence-electron chi connectivity index (χ1n) is 13.7. The quantitative estimate of drug-likeness (QED) is 0.184. The Morgan fingerprint density at radius 1 is 0.658 bits per heavy atom. The molecule has 1 aliphatic heterocycles. The third-order valence-corrected chi connectivity index (χ3v) is 9.42. The number of rotatable bonds is 8. The fourth-order valence-corrected chi connectivity index (χ4v) is 6.98. The van der Waals surface area contributed by atoms with E-state index in [9.17, 15) is 19.2 Å². The molecule has 1 heterocycles. The van der Waals surface area contributed by atoms with Crippen LogP contribution in [0.4, 0.5) is 0 Å². The van der Waals surface area contributed by atoms with Gasteiger partial charge in [-0.1, -0.05) is 73.0 Å². The van der Waals surface area contributed by atoms with Gasteiger partial charge in [0.25, 0.3) is 0 Å². The topological polar surface area (TPSA) is 93.2 Å². The minimum atomic E-state index is -0.348. The maximum absolute atomic E-state index is 12.0. The highest BCUT2D eigenvalue weighted by Crippen LogP contribution is 2.42. The second-order valence-corrected chi connectivity index (χ2v) is 11.8. The predicted molar refractivity (Wildman–Crippen MR) is 155 cm³/mol. The molecular weight excluding hydrogens is 524 g/mol. The van der Waals surface area contributed by atoms with Crippen molar-refractivity contribution in [2.75, 3.05) is 26.3 Å². The highest BCUT2D eigenvalue weighted by atomic mass is 33.1. The number of hydrogen-bond acceptors (Lipinski definition) is 8. The summed E-state index contributed by atoms with van der Waals surface area (Å²) in [7, 11) is 2.99. The Balaban J connectivity index is 3.23. The monoisotopic (exact) mass is 570 g/mol. The highest BCUT2D eigenvalue weighted by Gasteiger charge is 2.17. The maximum Gasteiger partial charge on any atom is 0.302 e. The summed E-state index contributed by atoms with van der Waals surface area (Å²) in [6.45, 7) is 8.32. The van der Waals surface area contributed by atoms with E-state index in [0.717, 1.165) is 59.7 Å². The summed E-state index contributed by atoms with van der Waals surface area (Å²) in [5.74, 6) is -0.695.